The molecule has 2 fully saturated rings. The monoisotopic (exact) mass is 363 g/mol. The fourth-order valence-corrected chi connectivity index (χ4v) is 5.18. The first kappa shape index (κ1) is 17.1. The molecular weight excluding hydrogens is 334 g/mol. The molecular formula is C24H29NO2. The highest BCUT2D eigenvalue weighted by atomic mass is 16.6. The van der Waals surface area contributed by atoms with Gasteiger partial charge in [-0.2, -0.15) is 0 Å². The number of piperidine rings is 1. The summed E-state index contributed by atoms with van der Waals surface area (Å²) in [6.07, 6.45) is 8.49. The van der Waals surface area contributed by atoms with Gasteiger partial charge in [0.25, 0.3) is 0 Å². The Bertz CT molecular complexity index is 770. The quantitative estimate of drug-likeness (QED) is 0.733. The number of hydrogen-bond acceptors (Lipinski definition) is 3. The third kappa shape index (κ3) is 3.58. The van der Waals surface area contributed by atoms with E-state index in [2.05, 4.69) is 29.2 Å². The SMILES string of the molecule is c1ccc2c(c1)OC[C@H](c1ccc(CN3CCCC4CCCC[C@@H]43)cc1)O2. The molecule has 1 unspecified atom stereocenters. The maximum Gasteiger partial charge on any atom is 0.162 e. The van der Waals surface area contributed by atoms with Crippen LogP contribution in [0.3, 0.4) is 0 Å². The number of benzene rings is 2. The minimum absolute atomic E-state index is 0.0216. The van der Waals surface area contributed by atoms with Crippen LogP contribution in [-0.4, -0.2) is 24.1 Å². The fraction of sp³-hybridized carbons (Fsp3) is 0.500. The van der Waals surface area contributed by atoms with Gasteiger partial charge in [0, 0.05) is 12.6 Å². The van der Waals surface area contributed by atoms with E-state index in [1.54, 1.807) is 0 Å². The van der Waals surface area contributed by atoms with Gasteiger partial charge in [-0.1, -0.05) is 49.2 Å². The van der Waals surface area contributed by atoms with Crippen LogP contribution >= 0.6 is 0 Å². The molecule has 0 N–H and O–H groups in total. The van der Waals surface area contributed by atoms with Gasteiger partial charge in [-0.05, 0) is 61.4 Å². The highest BCUT2D eigenvalue weighted by Crippen LogP contribution is 2.37. The molecule has 0 spiro atoms. The maximum absolute atomic E-state index is 6.14. The van der Waals surface area contributed by atoms with Crippen LogP contribution in [0.2, 0.25) is 0 Å². The second-order valence-electron chi connectivity index (χ2n) is 8.33. The van der Waals surface area contributed by atoms with E-state index in [4.69, 9.17) is 9.47 Å². The van der Waals surface area contributed by atoms with E-state index in [0.29, 0.717) is 6.61 Å². The zero-order valence-corrected chi connectivity index (χ0v) is 16.0. The summed E-state index contributed by atoms with van der Waals surface area (Å²) in [4.78, 5) is 2.75. The van der Waals surface area contributed by atoms with Gasteiger partial charge in [-0.25, -0.2) is 0 Å². The van der Waals surface area contributed by atoms with Crippen molar-refractivity contribution in [2.45, 2.75) is 57.2 Å². The van der Waals surface area contributed by atoms with Crippen molar-refractivity contribution in [2.75, 3.05) is 13.2 Å². The summed E-state index contributed by atoms with van der Waals surface area (Å²) in [7, 11) is 0. The highest BCUT2D eigenvalue weighted by molar-refractivity contribution is 5.41. The minimum atomic E-state index is -0.0216. The normalized spacial score (nSPS) is 27.8. The van der Waals surface area contributed by atoms with Gasteiger partial charge in [0.2, 0.25) is 0 Å². The first-order chi connectivity index (χ1) is 13.4. The molecule has 0 amide bonds. The van der Waals surface area contributed by atoms with Crippen molar-refractivity contribution < 1.29 is 9.47 Å². The summed E-state index contributed by atoms with van der Waals surface area (Å²) >= 11 is 0. The van der Waals surface area contributed by atoms with Crippen LogP contribution in [0.5, 0.6) is 11.5 Å². The molecule has 5 rings (SSSR count). The summed E-state index contributed by atoms with van der Waals surface area (Å²) in [5.41, 5.74) is 2.62. The number of para-hydroxylation sites is 2. The lowest BCUT2D eigenvalue weighted by molar-refractivity contribution is 0.0546. The predicted molar refractivity (Wildman–Crippen MR) is 107 cm³/mol. The minimum Gasteiger partial charge on any atom is -0.485 e. The van der Waals surface area contributed by atoms with Crippen LogP contribution in [0.1, 0.15) is 55.8 Å². The molecule has 1 aliphatic carbocycles. The van der Waals surface area contributed by atoms with Crippen molar-refractivity contribution in [3.8, 4) is 11.5 Å². The third-order valence-corrected chi connectivity index (χ3v) is 6.60. The second kappa shape index (κ2) is 7.55. The number of fused-ring (bicyclic) bond motifs is 2. The molecule has 2 aromatic rings. The number of ether oxygens (including phenoxy) is 2. The molecule has 3 aliphatic rings. The fourth-order valence-electron chi connectivity index (χ4n) is 5.18. The molecule has 27 heavy (non-hydrogen) atoms. The number of hydrogen-bond donors (Lipinski definition) is 0. The van der Waals surface area contributed by atoms with E-state index >= 15 is 0 Å². The molecule has 0 radical (unpaired) electrons. The maximum atomic E-state index is 6.14. The van der Waals surface area contributed by atoms with Crippen molar-refractivity contribution in [3.63, 3.8) is 0 Å². The van der Waals surface area contributed by atoms with Crippen molar-refractivity contribution in [1.82, 2.24) is 4.90 Å². The van der Waals surface area contributed by atoms with Crippen LogP contribution in [0.15, 0.2) is 48.5 Å². The van der Waals surface area contributed by atoms with E-state index in [9.17, 15) is 0 Å². The van der Waals surface area contributed by atoms with E-state index in [0.717, 1.165) is 30.0 Å². The Balaban J connectivity index is 1.25. The average molecular weight is 364 g/mol. The first-order valence-electron chi connectivity index (χ1n) is 10.6. The average Bonchev–Trinajstić information content (AvgIpc) is 2.74. The standard InChI is InChI=1S/C24H29NO2/c1-2-8-21-19(6-1)7-5-15-25(21)16-18-11-13-20(14-12-18)24-17-26-22-9-3-4-10-23(22)27-24/h3-4,9-14,19,21,24H,1-2,5-8,15-17H2/t19?,21-,24+/m0/s1. The van der Waals surface area contributed by atoms with Crippen LogP contribution in [-0.2, 0) is 6.54 Å². The van der Waals surface area contributed by atoms with Gasteiger partial charge in [0.1, 0.15) is 6.61 Å². The highest BCUT2D eigenvalue weighted by Gasteiger charge is 2.33. The second-order valence-corrected chi connectivity index (χ2v) is 8.33. The summed E-state index contributed by atoms with van der Waals surface area (Å²) in [5, 5.41) is 0. The summed E-state index contributed by atoms with van der Waals surface area (Å²) in [6, 6.07) is 17.7. The number of nitrogens with zero attached hydrogens (tertiary/aromatic N) is 1. The molecule has 142 valence electrons. The van der Waals surface area contributed by atoms with Gasteiger partial charge in [0.15, 0.2) is 17.6 Å². The smallest absolute Gasteiger partial charge is 0.162 e. The van der Waals surface area contributed by atoms with E-state index in [-0.39, 0.29) is 6.10 Å². The van der Waals surface area contributed by atoms with Crippen LogP contribution < -0.4 is 9.47 Å². The van der Waals surface area contributed by atoms with Crippen molar-refractivity contribution >= 4 is 0 Å². The topological polar surface area (TPSA) is 21.7 Å². The number of likely N-dealkylation sites (tertiary alicyclic amines) is 1. The van der Waals surface area contributed by atoms with Gasteiger partial charge in [0.05, 0.1) is 0 Å². The molecule has 3 atom stereocenters. The molecule has 1 saturated carbocycles. The largest absolute Gasteiger partial charge is 0.485 e. The molecule has 3 heteroatoms. The Morgan fingerprint density at radius 3 is 2.52 bits per heavy atom. The van der Waals surface area contributed by atoms with E-state index < -0.39 is 0 Å². The van der Waals surface area contributed by atoms with Crippen molar-refractivity contribution in [2.24, 2.45) is 5.92 Å². The molecule has 0 aromatic heterocycles. The van der Waals surface area contributed by atoms with Crippen LogP contribution in [0.25, 0.3) is 0 Å². The van der Waals surface area contributed by atoms with Crippen LogP contribution in [0.4, 0.5) is 0 Å². The Morgan fingerprint density at radius 2 is 1.63 bits per heavy atom. The Morgan fingerprint density at radius 1 is 0.852 bits per heavy atom. The molecule has 1 saturated heterocycles. The first-order valence-corrected chi connectivity index (χ1v) is 10.6. The number of rotatable bonds is 3. The Kier molecular flexibility index (Phi) is 4.79. The molecule has 2 aromatic carbocycles. The molecule has 0 bridgehead atoms. The van der Waals surface area contributed by atoms with Gasteiger partial charge < -0.3 is 9.47 Å². The predicted octanol–water partition coefficient (Wildman–Crippen LogP) is 5.35. The summed E-state index contributed by atoms with van der Waals surface area (Å²) in [6.45, 7) is 2.93. The van der Waals surface area contributed by atoms with E-state index in [1.807, 2.05) is 24.3 Å². The lowest BCUT2D eigenvalue weighted by Gasteiger charge is -2.44. The lowest BCUT2D eigenvalue weighted by Crippen LogP contribution is -2.46. The Labute approximate surface area is 162 Å². The van der Waals surface area contributed by atoms with Gasteiger partial charge in [-0.3, -0.25) is 4.90 Å². The van der Waals surface area contributed by atoms with Crippen molar-refractivity contribution in [3.05, 3.63) is 59.7 Å². The molecule has 2 aliphatic heterocycles. The zero-order chi connectivity index (χ0) is 18.1. The summed E-state index contributed by atoms with van der Waals surface area (Å²) < 4.78 is 12.0. The van der Waals surface area contributed by atoms with Gasteiger partial charge >= 0.3 is 0 Å². The third-order valence-electron chi connectivity index (χ3n) is 6.60. The van der Waals surface area contributed by atoms with Gasteiger partial charge in [-0.15, -0.1) is 0 Å². The summed E-state index contributed by atoms with van der Waals surface area (Å²) in [5.74, 6) is 2.63. The Hall–Kier alpha value is -2.00. The van der Waals surface area contributed by atoms with Crippen molar-refractivity contribution in [1.29, 1.82) is 0 Å². The molecule has 2 heterocycles. The zero-order valence-electron chi connectivity index (χ0n) is 16.0. The van der Waals surface area contributed by atoms with E-state index in [1.165, 1.54) is 56.2 Å². The lowest BCUT2D eigenvalue weighted by atomic mass is 9.78. The molecule has 3 nitrogen and oxygen atoms in total. The van der Waals surface area contributed by atoms with Crippen LogP contribution in [0, 0.1) is 5.92 Å².